The van der Waals surface area contributed by atoms with Gasteiger partial charge < -0.3 is 10.1 Å². The highest BCUT2D eigenvalue weighted by Gasteiger charge is 2.29. The Morgan fingerprint density at radius 2 is 2.16 bits per heavy atom. The zero-order valence-electron chi connectivity index (χ0n) is 11.9. The van der Waals surface area contributed by atoms with Crippen molar-refractivity contribution >= 4 is 21.7 Å². The van der Waals surface area contributed by atoms with Gasteiger partial charge in [-0.1, -0.05) is 6.92 Å². The predicted molar refractivity (Wildman–Crippen MR) is 80.7 cm³/mol. The molecular weight excluding hydrogens is 306 g/mol. The fraction of sp³-hybridized carbons (Fsp3) is 0.714. The van der Waals surface area contributed by atoms with Crippen molar-refractivity contribution in [1.82, 2.24) is 9.97 Å². The summed E-state index contributed by atoms with van der Waals surface area (Å²) < 4.78 is 6.35. The zero-order chi connectivity index (χ0) is 13.8. The van der Waals surface area contributed by atoms with E-state index < -0.39 is 0 Å². The summed E-state index contributed by atoms with van der Waals surface area (Å²) in [4.78, 5) is 9.33. The standard InChI is InChI=1S/C14H22BrN3O/c1-4-7-16-14-12(15)13(10-5-6-10)17-11(18-14)8-9(2)19-3/h9-10H,4-8H2,1-3H3,(H,16,17,18). The minimum atomic E-state index is 0.146. The first-order chi connectivity index (χ1) is 9.15. The molecule has 106 valence electrons. The van der Waals surface area contributed by atoms with Crippen molar-refractivity contribution in [1.29, 1.82) is 0 Å². The molecule has 0 amide bonds. The number of methoxy groups -OCH3 is 1. The average Bonchev–Trinajstić information content (AvgIpc) is 3.23. The number of rotatable bonds is 7. The number of hydrogen-bond acceptors (Lipinski definition) is 4. The van der Waals surface area contributed by atoms with Crippen LogP contribution in [0.4, 0.5) is 5.82 Å². The molecule has 0 saturated heterocycles. The lowest BCUT2D eigenvalue weighted by Crippen LogP contribution is -2.14. The molecule has 0 aromatic carbocycles. The van der Waals surface area contributed by atoms with Crippen molar-refractivity contribution in [2.45, 2.75) is 51.6 Å². The fourth-order valence-electron chi connectivity index (χ4n) is 1.93. The van der Waals surface area contributed by atoms with Gasteiger partial charge in [-0.15, -0.1) is 0 Å². The molecule has 2 rings (SSSR count). The van der Waals surface area contributed by atoms with E-state index in [4.69, 9.17) is 9.72 Å². The van der Waals surface area contributed by atoms with Crippen molar-refractivity contribution in [2.24, 2.45) is 0 Å². The van der Waals surface area contributed by atoms with E-state index in [0.29, 0.717) is 5.92 Å². The van der Waals surface area contributed by atoms with Crippen LogP contribution >= 0.6 is 15.9 Å². The highest BCUT2D eigenvalue weighted by molar-refractivity contribution is 9.10. The minimum absolute atomic E-state index is 0.146. The molecular formula is C14H22BrN3O. The summed E-state index contributed by atoms with van der Waals surface area (Å²) >= 11 is 3.65. The van der Waals surface area contributed by atoms with Gasteiger partial charge in [-0.3, -0.25) is 0 Å². The van der Waals surface area contributed by atoms with E-state index in [0.717, 1.165) is 41.2 Å². The van der Waals surface area contributed by atoms with Crippen LogP contribution in [0.3, 0.4) is 0 Å². The molecule has 19 heavy (non-hydrogen) atoms. The van der Waals surface area contributed by atoms with Crippen molar-refractivity contribution in [3.63, 3.8) is 0 Å². The van der Waals surface area contributed by atoms with Gasteiger partial charge in [0.15, 0.2) is 0 Å². The summed E-state index contributed by atoms with van der Waals surface area (Å²) in [5, 5.41) is 3.38. The second-order valence-corrected chi connectivity index (χ2v) is 5.93. The molecule has 4 nitrogen and oxygen atoms in total. The lowest BCUT2D eigenvalue weighted by atomic mass is 10.2. The van der Waals surface area contributed by atoms with E-state index in [1.54, 1.807) is 7.11 Å². The maximum absolute atomic E-state index is 5.31. The largest absolute Gasteiger partial charge is 0.381 e. The van der Waals surface area contributed by atoms with Gasteiger partial charge in [-0.25, -0.2) is 9.97 Å². The second-order valence-electron chi connectivity index (χ2n) is 5.14. The Hall–Kier alpha value is -0.680. The molecule has 1 fully saturated rings. The number of anilines is 1. The topological polar surface area (TPSA) is 47.0 Å². The third-order valence-electron chi connectivity index (χ3n) is 3.30. The molecule has 1 aliphatic rings. The Kier molecular flexibility index (Phi) is 5.16. The van der Waals surface area contributed by atoms with E-state index in [2.05, 4.69) is 33.2 Å². The van der Waals surface area contributed by atoms with E-state index >= 15 is 0 Å². The van der Waals surface area contributed by atoms with E-state index in [9.17, 15) is 0 Å². The number of halogens is 1. The van der Waals surface area contributed by atoms with Gasteiger partial charge in [0.1, 0.15) is 11.6 Å². The molecule has 1 saturated carbocycles. The minimum Gasteiger partial charge on any atom is -0.381 e. The van der Waals surface area contributed by atoms with Crippen LogP contribution in [0.15, 0.2) is 4.47 Å². The van der Waals surface area contributed by atoms with Gasteiger partial charge in [-0.2, -0.15) is 0 Å². The van der Waals surface area contributed by atoms with Gasteiger partial charge in [-0.05, 0) is 42.1 Å². The molecule has 1 atom stereocenters. The first kappa shape index (κ1) is 14.7. The Balaban J connectivity index is 2.24. The van der Waals surface area contributed by atoms with Gasteiger partial charge in [0, 0.05) is 26.0 Å². The summed E-state index contributed by atoms with van der Waals surface area (Å²) in [5.74, 6) is 2.41. The Bertz CT molecular complexity index is 435. The van der Waals surface area contributed by atoms with Crippen LogP contribution in [0, 0.1) is 0 Å². The third kappa shape index (κ3) is 3.89. The molecule has 0 aliphatic heterocycles. The molecule has 0 spiro atoms. The summed E-state index contributed by atoms with van der Waals surface area (Å²) in [6.45, 7) is 5.12. The van der Waals surface area contributed by atoms with E-state index in [-0.39, 0.29) is 6.10 Å². The highest BCUT2D eigenvalue weighted by atomic mass is 79.9. The van der Waals surface area contributed by atoms with Crippen LogP contribution in [-0.2, 0) is 11.2 Å². The van der Waals surface area contributed by atoms with E-state index in [1.165, 1.54) is 12.8 Å². The Labute approximate surface area is 123 Å². The summed E-state index contributed by atoms with van der Waals surface area (Å²) in [6.07, 6.45) is 4.46. The van der Waals surface area contributed by atoms with Crippen LogP contribution in [0.5, 0.6) is 0 Å². The van der Waals surface area contributed by atoms with Crippen LogP contribution in [0.2, 0.25) is 0 Å². The Morgan fingerprint density at radius 3 is 2.74 bits per heavy atom. The summed E-state index contributed by atoms with van der Waals surface area (Å²) in [7, 11) is 1.72. The number of nitrogens with zero attached hydrogens (tertiary/aromatic N) is 2. The van der Waals surface area contributed by atoms with Crippen LogP contribution in [0.1, 0.15) is 50.5 Å². The number of hydrogen-bond donors (Lipinski definition) is 1. The van der Waals surface area contributed by atoms with Crippen LogP contribution in [0.25, 0.3) is 0 Å². The molecule has 1 aromatic heterocycles. The average molecular weight is 328 g/mol. The highest BCUT2D eigenvalue weighted by Crippen LogP contribution is 2.43. The van der Waals surface area contributed by atoms with Crippen molar-refractivity contribution in [3.8, 4) is 0 Å². The first-order valence-corrected chi connectivity index (χ1v) is 7.78. The third-order valence-corrected chi connectivity index (χ3v) is 4.08. The summed E-state index contributed by atoms with van der Waals surface area (Å²) in [5.41, 5.74) is 1.16. The molecule has 1 unspecified atom stereocenters. The van der Waals surface area contributed by atoms with Gasteiger partial charge >= 0.3 is 0 Å². The summed E-state index contributed by atoms with van der Waals surface area (Å²) in [6, 6.07) is 0. The molecule has 1 N–H and O–H groups in total. The molecule has 5 heteroatoms. The maximum atomic E-state index is 5.31. The molecule has 0 bridgehead atoms. The van der Waals surface area contributed by atoms with Gasteiger partial charge in [0.25, 0.3) is 0 Å². The molecule has 1 aliphatic carbocycles. The molecule has 1 aromatic rings. The second kappa shape index (κ2) is 6.66. The smallest absolute Gasteiger partial charge is 0.144 e. The molecule has 0 radical (unpaired) electrons. The lowest BCUT2D eigenvalue weighted by Gasteiger charge is -2.14. The lowest BCUT2D eigenvalue weighted by molar-refractivity contribution is 0.117. The van der Waals surface area contributed by atoms with Crippen LogP contribution < -0.4 is 5.32 Å². The van der Waals surface area contributed by atoms with Crippen molar-refractivity contribution < 1.29 is 4.74 Å². The SMILES string of the molecule is CCCNc1nc(CC(C)OC)nc(C2CC2)c1Br. The zero-order valence-corrected chi connectivity index (χ0v) is 13.5. The number of aromatic nitrogens is 2. The maximum Gasteiger partial charge on any atom is 0.144 e. The normalized spacial score (nSPS) is 16.4. The van der Waals surface area contributed by atoms with Crippen molar-refractivity contribution in [3.05, 3.63) is 16.0 Å². The fourth-order valence-corrected chi connectivity index (χ4v) is 2.57. The molecule has 1 heterocycles. The monoisotopic (exact) mass is 327 g/mol. The van der Waals surface area contributed by atoms with E-state index in [1.807, 2.05) is 6.92 Å². The van der Waals surface area contributed by atoms with Crippen molar-refractivity contribution in [2.75, 3.05) is 19.0 Å². The number of nitrogens with one attached hydrogen (secondary N) is 1. The van der Waals surface area contributed by atoms with Gasteiger partial charge in [0.05, 0.1) is 16.3 Å². The van der Waals surface area contributed by atoms with Gasteiger partial charge in [0.2, 0.25) is 0 Å². The quantitative estimate of drug-likeness (QED) is 0.832. The van der Waals surface area contributed by atoms with Crippen LogP contribution in [-0.4, -0.2) is 29.7 Å². The first-order valence-electron chi connectivity index (χ1n) is 6.98. The Morgan fingerprint density at radius 1 is 1.42 bits per heavy atom. The number of ether oxygens (including phenoxy) is 1. The predicted octanol–water partition coefficient (Wildman–Crippen LogP) is 3.52.